The second-order valence-electron chi connectivity index (χ2n) is 5.25. The van der Waals surface area contributed by atoms with E-state index < -0.39 is 0 Å². The van der Waals surface area contributed by atoms with Crippen LogP contribution in [0.1, 0.15) is 24.5 Å². The van der Waals surface area contributed by atoms with Crippen molar-refractivity contribution in [3.05, 3.63) is 64.7 Å². The third-order valence-corrected chi connectivity index (χ3v) is 3.66. The zero-order chi connectivity index (χ0) is 16.3. The molecule has 0 fully saturated rings. The summed E-state index contributed by atoms with van der Waals surface area (Å²) in [7, 11) is 0. The van der Waals surface area contributed by atoms with Crippen molar-refractivity contribution in [2.24, 2.45) is 0 Å². The van der Waals surface area contributed by atoms with E-state index in [-0.39, 0.29) is 0 Å². The van der Waals surface area contributed by atoms with Crippen molar-refractivity contribution < 1.29 is 9.47 Å². The molecule has 0 heterocycles. The molecule has 2 aromatic rings. The van der Waals surface area contributed by atoms with E-state index in [1.807, 2.05) is 43.3 Å². The van der Waals surface area contributed by atoms with Crippen LogP contribution >= 0.6 is 11.6 Å². The van der Waals surface area contributed by atoms with Crippen molar-refractivity contribution in [3.63, 3.8) is 0 Å². The maximum atomic E-state index is 6.11. The molecule has 23 heavy (non-hydrogen) atoms. The molecule has 1 N–H and O–H groups in total. The number of nitrogens with one attached hydrogen (secondary N) is 1. The van der Waals surface area contributed by atoms with E-state index in [0.717, 1.165) is 54.6 Å². The minimum atomic E-state index is 0.555. The van der Waals surface area contributed by atoms with Crippen molar-refractivity contribution >= 4 is 11.6 Å². The maximum Gasteiger partial charge on any atom is 0.124 e. The van der Waals surface area contributed by atoms with Crippen molar-refractivity contribution in [2.45, 2.75) is 26.5 Å². The van der Waals surface area contributed by atoms with Gasteiger partial charge in [-0.1, -0.05) is 41.9 Å². The molecule has 0 radical (unpaired) electrons. The third-order valence-electron chi connectivity index (χ3n) is 3.42. The SMILES string of the molecule is CCOCCCNCc1cc(Cl)ccc1OCc1ccccc1. The Morgan fingerprint density at radius 2 is 1.91 bits per heavy atom. The largest absolute Gasteiger partial charge is 0.489 e. The van der Waals surface area contributed by atoms with Gasteiger partial charge in [0.05, 0.1) is 0 Å². The summed E-state index contributed by atoms with van der Waals surface area (Å²) < 4.78 is 11.3. The smallest absolute Gasteiger partial charge is 0.124 e. The Balaban J connectivity index is 1.86. The van der Waals surface area contributed by atoms with Gasteiger partial charge in [0.1, 0.15) is 12.4 Å². The average molecular weight is 334 g/mol. The highest BCUT2D eigenvalue weighted by Gasteiger charge is 2.05. The summed E-state index contributed by atoms with van der Waals surface area (Å²) in [6.45, 7) is 5.76. The standard InChI is InChI=1S/C19H24ClNO2/c1-2-22-12-6-11-21-14-17-13-18(20)9-10-19(17)23-15-16-7-4-3-5-8-16/h3-5,7-10,13,21H,2,6,11-12,14-15H2,1H3. The van der Waals surface area contributed by atoms with Crippen molar-refractivity contribution in [2.75, 3.05) is 19.8 Å². The quantitative estimate of drug-likeness (QED) is 0.652. The van der Waals surface area contributed by atoms with Crippen LogP contribution in [0.25, 0.3) is 0 Å². The molecule has 2 aromatic carbocycles. The molecule has 0 unspecified atom stereocenters. The summed E-state index contributed by atoms with van der Waals surface area (Å²) in [5, 5.41) is 4.13. The highest BCUT2D eigenvalue weighted by Crippen LogP contribution is 2.23. The van der Waals surface area contributed by atoms with Crippen LogP contribution in [0, 0.1) is 0 Å². The molecule has 4 heteroatoms. The van der Waals surface area contributed by atoms with Gasteiger partial charge in [-0.2, -0.15) is 0 Å². The van der Waals surface area contributed by atoms with E-state index in [4.69, 9.17) is 21.1 Å². The van der Waals surface area contributed by atoms with E-state index in [9.17, 15) is 0 Å². The van der Waals surface area contributed by atoms with Gasteiger partial charge in [-0.05, 0) is 43.7 Å². The lowest BCUT2D eigenvalue weighted by molar-refractivity contribution is 0.144. The van der Waals surface area contributed by atoms with E-state index in [2.05, 4.69) is 17.4 Å². The molecule has 3 nitrogen and oxygen atoms in total. The average Bonchev–Trinajstić information content (AvgIpc) is 2.58. The van der Waals surface area contributed by atoms with Crippen molar-refractivity contribution in [1.82, 2.24) is 5.32 Å². The highest BCUT2D eigenvalue weighted by molar-refractivity contribution is 6.30. The molecule has 0 bridgehead atoms. The third kappa shape index (κ3) is 6.61. The van der Waals surface area contributed by atoms with Crippen LogP contribution in [0.4, 0.5) is 0 Å². The first-order valence-electron chi connectivity index (χ1n) is 8.03. The molecular weight excluding hydrogens is 310 g/mol. The number of benzene rings is 2. The van der Waals surface area contributed by atoms with Crippen LogP contribution in [-0.4, -0.2) is 19.8 Å². The lowest BCUT2D eigenvalue weighted by Crippen LogP contribution is -2.17. The van der Waals surface area contributed by atoms with Gasteiger partial charge >= 0.3 is 0 Å². The molecule has 124 valence electrons. The molecule has 0 aliphatic heterocycles. The Bertz CT molecular complexity index is 575. The van der Waals surface area contributed by atoms with Gasteiger partial charge in [0.15, 0.2) is 0 Å². The second-order valence-corrected chi connectivity index (χ2v) is 5.69. The minimum absolute atomic E-state index is 0.555. The van der Waals surface area contributed by atoms with Gasteiger partial charge in [-0.15, -0.1) is 0 Å². The van der Waals surface area contributed by atoms with Gasteiger partial charge in [-0.3, -0.25) is 0 Å². The fourth-order valence-corrected chi connectivity index (χ4v) is 2.42. The summed E-state index contributed by atoms with van der Waals surface area (Å²) in [5.41, 5.74) is 2.22. The number of halogens is 1. The monoisotopic (exact) mass is 333 g/mol. The molecular formula is C19H24ClNO2. The summed E-state index contributed by atoms with van der Waals surface area (Å²) in [6.07, 6.45) is 0.995. The van der Waals surface area contributed by atoms with Gasteiger partial charge in [0.2, 0.25) is 0 Å². The molecule has 0 saturated carbocycles. The van der Waals surface area contributed by atoms with Gasteiger partial charge < -0.3 is 14.8 Å². The molecule has 0 amide bonds. The predicted octanol–water partition coefficient (Wildman–Crippen LogP) is 4.44. The highest BCUT2D eigenvalue weighted by atomic mass is 35.5. The summed E-state index contributed by atoms with van der Waals surface area (Å²) in [5.74, 6) is 0.871. The van der Waals surface area contributed by atoms with Gasteiger partial charge in [0, 0.05) is 30.3 Å². The van der Waals surface area contributed by atoms with Crippen LogP contribution in [-0.2, 0) is 17.9 Å². The first kappa shape index (κ1) is 17.8. The molecule has 0 aliphatic rings. The van der Waals surface area contributed by atoms with E-state index in [1.54, 1.807) is 0 Å². The Kier molecular flexibility index (Phi) is 7.95. The van der Waals surface area contributed by atoms with Crippen molar-refractivity contribution in [1.29, 1.82) is 0 Å². The van der Waals surface area contributed by atoms with Crippen LogP contribution in [0.2, 0.25) is 5.02 Å². The van der Waals surface area contributed by atoms with E-state index in [1.165, 1.54) is 0 Å². The normalized spacial score (nSPS) is 10.7. The lowest BCUT2D eigenvalue weighted by atomic mass is 10.2. The lowest BCUT2D eigenvalue weighted by Gasteiger charge is -2.13. The fraction of sp³-hybridized carbons (Fsp3) is 0.368. The van der Waals surface area contributed by atoms with Crippen LogP contribution < -0.4 is 10.1 Å². The number of ether oxygens (including phenoxy) is 2. The maximum absolute atomic E-state index is 6.11. The minimum Gasteiger partial charge on any atom is -0.489 e. The van der Waals surface area contributed by atoms with Gasteiger partial charge in [-0.25, -0.2) is 0 Å². The Morgan fingerprint density at radius 1 is 1.09 bits per heavy atom. The molecule has 0 atom stereocenters. The number of hydrogen-bond donors (Lipinski definition) is 1. The fourth-order valence-electron chi connectivity index (χ4n) is 2.23. The molecule has 0 aromatic heterocycles. The van der Waals surface area contributed by atoms with Crippen LogP contribution in [0.5, 0.6) is 5.75 Å². The van der Waals surface area contributed by atoms with Crippen molar-refractivity contribution in [3.8, 4) is 5.75 Å². The molecule has 0 aliphatic carbocycles. The zero-order valence-electron chi connectivity index (χ0n) is 13.6. The summed E-state index contributed by atoms with van der Waals surface area (Å²) in [4.78, 5) is 0. The summed E-state index contributed by atoms with van der Waals surface area (Å²) in [6, 6.07) is 15.9. The van der Waals surface area contributed by atoms with Crippen LogP contribution in [0.3, 0.4) is 0 Å². The number of rotatable bonds is 10. The topological polar surface area (TPSA) is 30.5 Å². The second kappa shape index (κ2) is 10.3. The first-order valence-corrected chi connectivity index (χ1v) is 8.41. The van der Waals surface area contributed by atoms with Crippen LogP contribution in [0.15, 0.2) is 48.5 Å². The molecule has 0 spiro atoms. The van der Waals surface area contributed by atoms with E-state index in [0.29, 0.717) is 6.61 Å². The summed E-state index contributed by atoms with van der Waals surface area (Å²) >= 11 is 6.11. The Hall–Kier alpha value is -1.55. The Morgan fingerprint density at radius 3 is 2.70 bits per heavy atom. The molecule has 0 saturated heterocycles. The number of hydrogen-bond acceptors (Lipinski definition) is 3. The van der Waals surface area contributed by atoms with E-state index >= 15 is 0 Å². The zero-order valence-corrected chi connectivity index (χ0v) is 14.3. The van der Waals surface area contributed by atoms with Gasteiger partial charge in [0.25, 0.3) is 0 Å². The predicted molar refractivity (Wildman–Crippen MR) is 95.0 cm³/mol. The first-order chi connectivity index (χ1) is 11.3. The molecule has 2 rings (SSSR count). The Labute approximate surface area is 143 Å².